The van der Waals surface area contributed by atoms with Gasteiger partial charge in [0, 0.05) is 13.5 Å². The zero-order valence-electron chi connectivity index (χ0n) is 9.26. The summed E-state index contributed by atoms with van der Waals surface area (Å²) in [6.07, 6.45) is 0. The molecular formula is C12H15NO2. The third kappa shape index (κ3) is 3.20. The summed E-state index contributed by atoms with van der Waals surface area (Å²) in [6, 6.07) is 6.03. The molecule has 0 atom stereocenters. The average Bonchev–Trinajstić information content (AvgIpc) is 2.18. The second-order valence-electron chi connectivity index (χ2n) is 3.67. The molecule has 0 aliphatic heterocycles. The van der Waals surface area contributed by atoms with Gasteiger partial charge in [-0.05, 0) is 25.0 Å². The fourth-order valence-electron chi connectivity index (χ4n) is 1.29. The number of ketones is 1. The van der Waals surface area contributed by atoms with Crippen LogP contribution < -0.4 is 5.32 Å². The number of hydrogen-bond acceptors (Lipinski definition) is 2. The van der Waals surface area contributed by atoms with Crippen LogP contribution in [0.5, 0.6) is 0 Å². The quantitative estimate of drug-likeness (QED) is 0.760. The van der Waals surface area contributed by atoms with Gasteiger partial charge in [-0.25, -0.2) is 0 Å². The zero-order valence-corrected chi connectivity index (χ0v) is 9.26. The van der Waals surface area contributed by atoms with E-state index in [2.05, 4.69) is 5.32 Å². The van der Waals surface area contributed by atoms with Crippen molar-refractivity contribution in [1.29, 1.82) is 0 Å². The van der Waals surface area contributed by atoms with Crippen molar-refractivity contribution < 1.29 is 9.59 Å². The van der Waals surface area contributed by atoms with E-state index in [4.69, 9.17) is 0 Å². The first kappa shape index (κ1) is 11.4. The van der Waals surface area contributed by atoms with Crippen molar-refractivity contribution in [2.45, 2.75) is 27.3 Å². The van der Waals surface area contributed by atoms with Crippen molar-refractivity contribution in [3.8, 4) is 0 Å². The minimum atomic E-state index is -0.532. The number of carbonyl (C=O) groups is 2. The van der Waals surface area contributed by atoms with Gasteiger partial charge in [0.15, 0.2) is 0 Å². The van der Waals surface area contributed by atoms with Crippen LogP contribution in [0.3, 0.4) is 0 Å². The van der Waals surface area contributed by atoms with Crippen LogP contribution in [0.1, 0.15) is 23.6 Å². The highest BCUT2D eigenvalue weighted by molar-refractivity contribution is 6.35. The minimum Gasteiger partial charge on any atom is -0.345 e. The van der Waals surface area contributed by atoms with Gasteiger partial charge in [0.2, 0.25) is 5.78 Å². The molecule has 1 aromatic rings. The van der Waals surface area contributed by atoms with Gasteiger partial charge >= 0.3 is 0 Å². The number of hydrogen-bond donors (Lipinski definition) is 1. The summed E-state index contributed by atoms with van der Waals surface area (Å²) < 4.78 is 0. The lowest BCUT2D eigenvalue weighted by Crippen LogP contribution is -2.28. The number of Topliss-reactive ketones (excluding diaryl/α,β-unsaturated/α-hetero) is 1. The van der Waals surface area contributed by atoms with E-state index in [1.807, 2.05) is 32.0 Å². The molecule has 0 aliphatic carbocycles. The lowest BCUT2D eigenvalue weighted by molar-refractivity contribution is -0.136. The Kier molecular flexibility index (Phi) is 3.61. The lowest BCUT2D eigenvalue weighted by atomic mass is 10.1. The molecule has 0 unspecified atom stereocenters. The highest BCUT2D eigenvalue weighted by atomic mass is 16.2. The monoisotopic (exact) mass is 205 g/mol. The van der Waals surface area contributed by atoms with Crippen LogP contribution in [0.15, 0.2) is 18.2 Å². The van der Waals surface area contributed by atoms with Gasteiger partial charge in [-0.1, -0.05) is 23.8 Å². The van der Waals surface area contributed by atoms with E-state index in [1.54, 1.807) is 0 Å². The maximum atomic E-state index is 11.1. The van der Waals surface area contributed by atoms with Gasteiger partial charge in [0.25, 0.3) is 5.91 Å². The van der Waals surface area contributed by atoms with Gasteiger partial charge in [-0.2, -0.15) is 0 Å². The van der Waals surface area contributed by atoms with Crippen molar-refractivity contribution in [1.82, 2.24) is 5.32 Å². The number of carbonyl (C=O) groups excluding carboxylic acids is 2. The molecule has 3 heteroatoms. The Morgan fingerprint density at radius 1 is 1.27 bits per heavy atom. The van der Waals surface area contributed by atoms with Gasteiger partial charge in [-0.15, -0.1) is 0 Å². The maximum Gasteiger partial charge on any atom is 0.287 e. The topological polar surface area (TPSA) is 46.2 Å². The largest absolute Gasteiger partial charge is 0.345 e. The first-order valence-electron chi connectivity index (χ1n) is 4.85. The standard InChI is InChI=1S/C12H15NO2/c1-8-4-5-9(2)11(6-8)7-13-12(15)10(3)14/h4-6H,7H2,1-3H3,(H,13,15). The van der Waals surface area contributed by atoms with Crippen molar-refractivity contribution >= 4 is 11.7 Å². The molecule has 0 radical (unpaired) electrons. The number of amides is 1. The Morgan fingerprint density at radius 2 is 1.93 bits per heavy atom. The number of benzene rings is 1. The normalized spacial score (nSPS) is 9.80. The summed E-state index contributed by atoms with van der Waals surface area (Å²) >= 11 is 0. The van der Waals surface area contributed by atoms with Gasteiger partial charge in [0.1, 0.15) is 0 Å². The molecular weight excluding hydrogens is 190 g/mol. The van der Waals surface area contributed by atoms with Crippen molar-refractivity contribution in [3.05, 3.63) is 34.9 Å². The molecule has 1 rings (SSSR count). The molecule has 80 valence electrons. The first-order chi connectivity index (χ1) is 7.00. The molecule has 0 saturated carbocycles. The fourth-order valence-corrected chi connectivity index (χ4v) is 1.29. The van der Waals surface area contributed by atoms with E-state index in [1.165, 1.54) is 6.92 Å². The molecule has 1 aromatic carbocycles. The summed E-state index contributed by atoms with van der Waals surface area (Å²) in [4.78, 5) is 21.8. The molecule has 0 aromatic heterocycles. The molecule has 0 aliphatic rings. The molecule has 1 N–H and O–H groups in total. The number of aryl methyl sites for hydroxylation is 2. The molecule has 0 saturated heterocycles. The Hall–Kier alpha value is -1.64. The van der Waals surface area contributed by atoms with E-state index in [9.17, 15) is 9.59 Å². The van der Waals surface area contributed by atoms with Crippen molar-refractivity contribution in [2.75, 3.05) is 0 Å². The van der Waals surface area contributed by atoms with E-state index in [-0.39, 0.29) is 0 Å². The van der Waals surface area contributed by atoms with E-state index in [0.29, 0.717) is 6.54 Å². The Morgan fingerprint density at radius 3 is 2.53 bits per heavy atom. The Balaban J connectivity index is 2.69. The second kappa shape index (κ2) is 4.73. The van der Waals surface area contributed by atoms with Crippen LogP contribution in [0, 0.1) is 13.8 Å². The van der Waals surface area contributed by atoms with Crippen molar-refractivity contribution in [2.24, 2.45) is 0 Å². The SMILES string of the molecule is CC(=O)C(=O)NCc1cc(C)ccc1C. The van der Waals surface area contributed by atoms with Gasteiger partial charge in [0.05, 0.1) is 0 Å². The highest BCUT2D eigenvalue weighted by Crippen LogP contribution is 2.09. The second-order valence-corrected chi connectivity index (χ2v) is 3.67. The Bertz CT molecular complexity index is 397. The van der Waals surface area contributed by atoms with Crippen LogP contribution >= 0.6 is 0 Å². The van der Waals surface area contributed by atoms with Crippen LogP contribution in [0.25, 0.3) is 0 Å². The number of nitrogens with one attached hydrogen (secondary N) is 1. The fraction of sp³-hybridized carbons (Fsp3) is 0.333. The smallest absolute Gasteiger partial charge is 0.287 e. The number of rotatable bonds is 3. The van der Waals surface area contributed by atoms with Gasteiger partial charge < -0.3 is 5.32 Å². The Labute approximate surface area is 89.5 Å². The molecule has 1 amide bonds. The molecule has 0 fully saturated rings. The van der Waals surface area contributed by atoms with E-state index in [0.717, 1.165) is 16.7 Å². The summed E-state index contributed by atoms with van der Waals surface area (Å²) in [6.45, 7) is 5.65. The summed E-state index contributed by atoms with van der Waals surface area (Å²) in [5, 5.41) is 2.58. The molecule has 15 heavy (non-hydrogen) atoms. The molecule has 0 bridgehead atoms. The van der Waals surface area contributed by atoms with Crippen molar-refractivity contribution in [3.63, 3.8) is 0 Å². The van der Waals surface area contributed by atoms with Crippen LogP contribution in [-0.4, -0.2) is 11.7 Å². The average molecular weight is 205 g/mol. The molecule has 0 heterocycles. The van der Waals surface area contributed by atoms with E-state index >= 15 is 0 Å². The van der Waals surface area contributed by atoms with Crippen LogP contribution in [0.2, 0.25) is 0 Å². The highest BCUT2D eigenvalue weighted by Gasteiger charge is 2.07. The molecule has 3 nitrogen and oxygen atoms in total. The summed E-state index contributed by atoms with van der Waals surface area (Å²) in [5.41, 5.74) is 3.31. The van der Waals surface area contributed by atoms with Gasteiger partial charge in [-0.3, -0.25) is 9.59 Å². The van der Waals surface area contributed by atoms with Crippen LogP contribution in [-0.2, 0) is 16.1 Å². The predicted octanol–water partition coefficient (Wildman–Crippen LogP) is 1.51. The van der Waals surface area contributed by atoms with E-state index < -0.39 is 11.7 Å². The first-order valence-corrected chi connectivity index (χ1v) is 4.85. The maximum absolute atomic E-state index is 11.1. The summed E-state index contributed by atoms with van der Waals surface area (Å²) in [7, 11) is 0. The summed E-state index contributed by atoms with van der Waals surface area (Å²) in [5.74, 6) is -0.990. The van der Waals surface area contributed by atoms with Crippen LogP contribution in [0.4, 0.5) is 0 Å². The third-order valence-electron chi connectivity index (χ3n) is 2.26. The minimum absolute atomic E-state index is 0.409. The molecule has 0 spiro atoms. The zero-order chi connectivity index (χ0) is 11.4. The predicted molar refractivity (Wildman–Crippen MR) is 58.4 cm³/mol. The lowest BCUT2D eigenvalue weighted by Gasteiger charge is -2.07. The third-order valence-corrected chi connectivity index (χ3v) is 2.26.